The number of halogens is 2. The average Bonchev–Trinajstić information content (AvgIpc) is 0.729. The van der Waals surface area contributed by atoms with Gasteiger partial charge in [-0.1, -0.05) is 242 Å². The van der Waals surface area contributed by atoms with Crippen molar-refractivity contribution < 1.29 is 47.7 Å². The fraction of sp³-hybridized carbons (Fsp3) is 0.0727. The van der Waals surface area contributed by atoms with Crippen molar-refractivity contribution in [3.63, 3.8) is 0 Å². The maximum absolute atomic E-state index is 14.5. The van der Waals surface area contributed by atoms with Gasteiger partial charge in [0.15, 0.2) is 34.6 Å². The molecule has 0 fully saturated rings. The maximum atomic E-state index is 14.5. The largest absolute Gasteiger partial charge is 0.494 e. The number of benzene rings is 18. The number of carbonyl (C=O) groups is 6. The lowest BCUT2D eigenvalue weighted by Crippen LogP contribution is -2.27. The number of fused-ring (bicyclic) bond motifs is 8. The third-order valence-electron chi connectivity index (χ3n) is 24.2. The summed E-state index contributed by atoms with van der Waals surface area (Å²) >= 11 is 13.0. The zero-order valence-corrected chi connectivity index (χ0v) is 74.9. The molecule has 0 aromatic heterocycles. The molecule has 0 saturated carbocycles. The van der Waals surface area contributed by atoms with Crippen LogP contribution < -0.4 is 38.5 Å². The summed E-state index contributed by atoms with van der Waals surface area (Å²) in [7, 11) is 12.8. The average molecular weight is 1800 g/mol. The van der Waals surface area contributed by atoms with Crippen LogP contribution in [-0.2, 0) is 0 Å². The van der Waals surface area contributed by atoms with Gasteiger partial charge in [0.1, 0.15) is 22.7 Å². The first kappa shape index (κ1) is 86.3. The van der Waals surface area contributed by atoms with Gasteiger partial charge >= 0.3 is 0 Å². The molecule has 18 aromatic carbocycles. The highest BCUT2D eigenvalue weighted by Crippen LogP contribution is 2.51. The molecule has 20 rings (SSSR count). The van der Waals surface area contributed by atoms with Gasteiger partial charge in [-0.05, 0) is 153 Å². The molecule has 22 nitrogen and oxygen atoms in total. The number of hydrogen-bond donors (Lipinski definition) is 0. The Morgan fingerprint density at radius 3 is 0.866 bits per heavy atom. The van der Waals surface area contributed by atoms with Crippen molar-refractivity contribution in [1.29, 1.82) is 0 Å². The van der Waals surface area contributed by atoms with Crippen molar-refractivity contribution in [2.75, 3.05) is 76.2 Å². The minimum Gasteiger partial charge on any atom is -0.494 e. The molecule has 0 spiro atoms. The highest BCUT2D eigenvalue weighted by atomic mass is 35.5. The van der Waals surface area contributed by atoms with Gasteiger partial charge in [0.25, 0.3) is 23.6 Å². The van der Waals surface area contributed by atoms with Crippen LogP contribution in [0, 0.1) is 0 Å². The molecule has 4 amide bonds. The predicted molar refractivity (Wildman–Crippen MR) is 531 cm³/mol. The lowest BCUT2D eigenvalue weighted by molar-refractivity contribution is 0.0982. The number of ether oxygens (including phenoxy) is 4. The van der Waals surface area contributed by atoms with Crippen LogP contribution in [0.2, 0.25) is 10.0 Å². The molecule has 0 heterocycles. The maximum Gasteiger partial charge on any atom is 0.261 e. The molecule has 0 radical (unpaired) electrons. The van der Waals surface area contributed by atoms with E-state index in [0.717, 1.165) is 92.9 Å². The van der Waals surface area contributed by atoms with Crippen molar-refractivity contribution in [3.8, 4) is 45.3 Å². The molecule has 0 N–H and O–H groups in total. The van der Waals surface area contributed by atoms with Crippen LogP contribution in [0.3, 0.4) is 0 Å². The molecule has 134 heavy (non-hydrogen) atoms. The summed E-state index contributed by atoms with van der Waals surface area (Å²) in [5, 5.41) is 47.7. The van der Waals surface area contributed by atoms with Gasteiger partial charge in [-0.3, -0.25) is 28.8 Å². The minimum absolute atomic E-state index is 0.171. The van der Waals surface area contributed by atoms with E-state index < -0.39 is 0 Å². The van der Waals surface area contributed by atoms with E-state index in [1.165, 1.54) is 38.2 Å². The quantitative estimate of drug-likeness (QED) is 0.0652. The molecule has 0 bridgehead atoms. The van der Waals surface area contributed by atoms with E-state index in [1.54, 1.807) is 111 Å². The van der Waals surface area contributed by atoms with Gasteiger partial charge in [0.05, 0.1) is 94.9 Å². The number of amides is 4. The molecule has 652 valence electrons. The van der Waals surface area contributed by atoms with Crippen LogP contribution in [-0.4, -0.2) is 91.8 Å². The van der Waals surface area contributed by atoms with E-state index in [-0.39, 0.29) is 63.6 Å². The predicted octanol–water partition coefficient (Wildman–Crippen LogP) is 28.8. The summed E-state index contributed by atoms with van der Waals surface area (Å²) in [6.45, 7) is 0. The Labute approximate surface area is 778 Å². The monoisotopic (exact) mass is 1800 g/mol. The summed E-state index contributed by atoms with van der Waals surface area (Å²) in [5.74, 6) is -0.486. The normalized spacial score (nSPS) is 12.0. The number of methoxy groups -OCH3 is 4. The molecule has 0 aliphatic heterocycles. The Hall–Kier alpha value is -17.1. The third kappa shape index (κ3) is 15.6. The fourth-order valence-electron chi connectivity index (χ4n) is 17.6. The van der Waals surface area contributed by atoms with E-state index in [9.17, 15) is 28.8 Å². The van der Waals surface area contributed by atoms with Crippen molar-refractivity contribution in [2.24, 2.45) is 40.9 Å². The second kappa shape index (κ2) is 36.5. The SMILES string of the molecule is COc1c(C(=O)N(C)c2ccccc2)cc2ccccc2c1N=Nc1ccc2c(c1)C(=O)c1cccc3c(N=Nc4c(OC)c(C(=O)N(C)c5ccccc5)cc5ccccc45)ccc-2c13.COc1c(C(=O)N(C)c2ccccc2Cl)cc2ccccc2c1N=Nc1ccc2c(c1)C(=O)c1cccc3c(N=Nc4c(OC)c(C(=O)N(C)c5ccccc5Cl)cc5ccccc45)ccc-2c13. The van der Waals surface area contributed by atoms with Crippen molar-refractivity contribution in [3.05, 3.63) is 382 Å². The summed E-state index contributed by atoms with van der Waals surface area (Å²) in [6, 6.07) is 100. The van der Waals surface area contributed by atoms with E-state index in [0.29, 0.717) is 111 Å². The third-order valence-corrected chi connectivity index (χ3v) is 24.9. The van der Waals surface area contributed by atoms with E-state index in [1.807, 2.05) is 255 Å². The number of anilines is 4. The lowest BCUT2D eigenvalue weighted by Gasteiger charge is -2.21. The first-order chi connectivity index (χ1) is 65.3. The summed E-state index contributed by atoms with van der Waals surface area (Å²) in [4.78, 5) is 91.2. The zero-order chi connectivity index (χ0) is 92.7. The standard InChI is InChI=1S/C55H38Cl2N6O5.C55H40N6O5/c1-62(46-22-11-9-20-43(46)56)54(65)41-28-31-14-5-7-16-34(31)49(52(41)67-3)60-58-33-24-25-36-37-26-27-45(38-18-13-19-39(48(37)38)51(64)40(36)30-33)59-61-50-35-17-8-6-15-32(35)29-42(53(50)68-4)55(66)63(2)47-23-12-10-21-44(47)57;1-60(36-18-7-5-8-19-36)54(63)45-30-33-16-11-13-22-38(33)49(52(45)65-3)58-56-35-26-27-40-41-28-29-47(42-24-15-25-43(48(41)42)51(62)44(40)32-35)57-59-50-39-23-14-12-17-34(39)31-46(53(50)66-4)55(64)61(2)37-20-9-6-10-21-37/h5-30H,1-4H3;5-32H,1-4H3. The van der Waals surface area contributed by atoms with E-state index >= 15 is 0 Å². The highest BCUT2D eigenvalue weighted by molar-refractivity contribution is 6.35. The second-order valence-electron chi connectivity index (χ2n) is 31.8. The topological polar surface area (TPSA) is 251 Å². The Morgan fingerprint density at radius 2 is 0.537 bits per heavy atom. The number of carbonyl (C=O) groups excluding carboxylic acids is 6. The van der Waals surface area contributed by atoms with E-state index in [4.69, 9.17) is 67.7 Å². The molecule has 0 saturated heterocycles. The number of nitrogens with zero attached hydrogens (tertiary/aromatic N) is 12. The molecule has 18 aromatic rings. The van der Waals surface area contributed by atoms with Crippen LogP contribution >= 0.6 is 23.2 Å². The van der Waals surface area contributed by atoms with Crippen LogP contribution in [0.1, 0.15) is 73.3 Å². The molecular weight excluding hydrogens is 1720 g/mol. The van der Waals surface area contributed by atoms with Crippen LogP contribution in [0.25, 0.3) is 86.9 Å². The van der Waals surface area contributed by atoms with Crippen LogP contribution in [0.15, 0.2) is 368 Å². The first-order valence-electron chi connectivity index (χ1n) is 42.6. The van der Waals surface area contributed by atoms with Gasteiger partial charge in [0.2, 0.25) is 0 Å². The first-order valence-corrected chi connectivity index (χ1v) is 43.4. The number of rotatable bonds is 20. The molecule has 24 heteroatoms. The van der Waals surface area contributed by atoms with Gasteiger partial charge < -0.3 is 38.5 Å². The van der Waals surface area contributed by atoms with Gasteiger partial charge in [-0.15, -0.1) is 30.7 Å². The van der Waals surface area contributed by atoms with Crippen molar-refractivity contribution in [1.82, 2.24) is 0 Å². The number of ketones is 2. The second-order valence-corrected chi connectivity index (χ2v) is 32.6. The van der Waals surface area contributed by atoms with Crippen LogP contribution in [0.4, 0.5) is 68.2 Å². The fourth-order valence-corrected chi connectivity index (χ4v) is 18.1. The smallest absolute Gasteiger partial charge is 0.261 e. The summed E-state index contributed by atoms with van der Waals surface area (Å²) in [6.07, 6.45) is 0. The Balaban J connectivity index is 0.000000172. The van der Waals surface area contributed by atoms with E-state index in [2.05, 4.69) is 15.3 Å². The van der Waals surface area contributed by atoms with Crippen LogP contribution in [0.5, 0.6) is 23.0 Å². The van der Waals surface area contributed by atoms with Crippen molar-refractivity contribution in [2.45, 2.75) is 0 Å². The van der Waals surface area contributed by atoms with Gasteiger partial charge in [-0.25, -0.2) is 0 Å². The number of azo groups is 4. The zero-order valence-electron chi connectivity index (χ0n) is 73.4. The number of hydrogen-bond acceptors (Lipinski definition) is 18. The van der Waals surface area contributed by atoms with Gasteiger partial charge in [-0.2, -0.15) is 10.2 Å². The molecule has 0 atom stereocenters. The molecule has 2 aliphatic rings. The Morgan fingerprint density at radius 1 is 0.254 bits per heavy atom. The minimum atomic E-state index is -0.346. The van der Waals surface area contributed by atoms with Crippen molar-refractivity contribution >= 4 is 191 Å². The Bertz CT molecular complexity index is 8090. The highest BCUT2D eigenvalue weighted by Gasteiger charge is 2.33. The molecule has 0 unspecified atom stereocenters. The molecular formula is C110H78Cl2N12O10. The summed E-state index contributed by atoms with van der Waals surface area (Å²) in [5.41, 5.74) is 12.4. The van der Waals surface area contributed by atoms with Gasteiger partial charge in [0, 0.05) is 105 Å². The molecule has 2 aliphatic carbocycles. The lowest BCUT2D eigenvalue weighted by atomic mass is 9.82. The number of para-hydroxylation sites is 4. The summed E-state index contributed by atoms with van der Waals surface area (Å²) < 4.78 is 23.6. The Kier molecular flexibility index (Phi) is 23.5.